The summed E-state index contributed by atoms with van der Waals surface area (Å²) in [5.74, 6) is 1.93. The van der Waals surface area contributed by atoms with E-state index in [-0.39, 0.29) is 5.91 Å². The summed E-state index contributed by atoms with van der Waals surface area (Å²) in [7, 11) is 0. The van der Waals surface area contributed by atoms with Gasteiger partial charge in [-0.05, 0) is 72.3 Å². The maximum atomic E-state index is 12.7. The van der Waals surface area contributed by atoms with Gasteiger partial charge in [0.2, 0.25) is 0 Å². The lowest BCUT2D eigenvalue weighted by Crippen LogP contribution is -2.53. The Morgan fingerprint density at radius 3 is 2.71 bits per heavy atom. The topological polar surface area (TPSA) is 63.2 Å². The van der Waals surface area contributed by atoms with E-state index in [0.717, 1.165) is 23.1 Å². The molecule has 3 fully saturated rings. The fraction of sp³-hybridized carbons (Fsp3) is 0.478. The molecule has 1 aromatic carbocycles. The van der Waals surface area contributed by atoms with Crippen LogP contribution in [0.2, 0.25) is 0 Å². The zero-order valence-corrected chi connectivity index (χ0v) is 16.7. The van der Waals surface area contributed by atoms with Crippen LogP contribution in [0.25, 0.3) is 0 Å². The summed E-state index contributed by atoms with van der Waals surface area (Å²) >= 11 is 0. The van der Waals surface area contributed by atoms with Gasteiger partial charge in [0.1, 0.15) is 0 Å². The van der Waals surface area contributed by atoms with Gasteiger partial charge in [0.05, 0.1) is 12.2 Å². The van der Waals surface area contributed by atoms with Crippen LogP contribution in [-0.2, 0) is 11.4 Å². The molecule has 2 unspecified atom stereocenters. The molecule has 2 bridgehead atoms. The minimum Gasteiger partial charge on any atom is -0.380 e. The first kappa shape index (κ1) is 18.9. The molecule has 1 aromatic heterocycles. The van der Waals surface area contributed by atoms with Crippen LogP contribution in [0.5, 0.6) is 0 Å². The fourth-order valence-electron chi connectivity index (χ4n) is 4.96. The molecule has 148 valence electrons. The lowest BCUT2D eigenvalue weighted by Gasteiger charge is -2.60. The highest BCUT2D eigenvalue weighted by molar-refractivity contribution is 5.98. The normalized spacial score (nSPS) is 24.9. The highest BCUT2D eigenvalue weighted by Gasteiger charge is 2.54. The number of carbonyl (C=O) groups is 1. The summed E-state index contributed by atoms with van der Waals surface area (Å²) in [5, 5.41) is 3.33. The molecule has 2 N–H and O–H groups in total. The number of carbonyl (C=O) groups excluding carboxylic acids is 1. The minimum atomic E-state index is -0.209. The van der Waals surface area contributed by atoms with Gasteiger partial charge in [-0.1, -0.05) is 26.0 Å². The summed E-state index contributed by atoms with van der Waals surface area (Å²) < 4.78 is 0. The second kappa shape index (κ2) is 7.92. The summed E-state index contributed by atoms with van der Waals surface area (Å²) in [4.78, 5) is 22.3. The van der Waals surface area contributed by atoms with Gasteiger partial charge < -0.3 is 5.32 Å². The average Bonchev–Trinajstić information content (AvgIpc) is 2.73. The van der Waals surface area contributed by atoms with E-state index in [9.17, 15) is 4.79 Å². The Hall–Kier alpha value is -2.40. The average molecular weight is 380 g/mol. The maximum absolute atomic E-state index is 12.7. The van der Waals surface area contributed by atoms with Gasteiger partial charge in [-0.2, -0.15) is 0 Å². The molecule has 0 radical (unpaired) electrons. The molecule has 5 rings (SSSR count). The number of hydrogen-bond donors (Lipinski definition) is 2. The molecule has 3 aliphatic rings. The monoisotopic (exact) mass is 379 g/mol. The molecule has 3 atom stereocenters. The van der Waals surface area contributed by atoms with Crippen LogP contribution in [0.1, 0.15) is 49.0 Å². The number of anilines is 1. The molecule has 0 saturated heterocycles. The van der Waals surface area contributed by atoms with E-state index in [0.29, 0.717) is 30.0 Å². The number of rotatable bonds is 7. The predicted octanol–water partition coefficient (Wildman–Crippen LogP) is 4.43. The SMILES string of the molecule is CC1(C)C2CC[C@@H](CONC(=O)c3ccccc3NCc3ccncc3)C1C2. The smallest absolute Gasteiger partial charge is 0.276 e. The fourth-order valence-corrected chi connectivity index (χ4v) is 4.96. The van der Waals surface area contributed by atoms with E-state index in [2.05, 4.69) is 29.6 Å². The van der Waals surface area contributed by atoms with E-state index in [1.807, 2.05) is 36.4 Å². The van der Waals surface area contributed by atoms with E-state index >= 15 is 0 Å². The van der Waals surface area contributed by atoms with E-state index < -0.39 is 0 Å². The van der Waals surface area contributed by atoms with Crippen LogP contribution >= 0.6 is 0 Å². The lowest BCUT2D eigenvalue weighted by molar-refractivity contribution is -0.130. The van der Waals surface area contributed by atoms with Gasteiger partial charge in [0.15, 0.2) is 0 Å². The van der Waals surface area contributed by atoms with Crippen LogP contribution in [-0.4, -0.2) is 17.5 Å². The van der Waals surface area contributed by atoms with E-state index in [4.69, 9.17) is 4.84 Å². The van der Waals surface area contributed by atoms with Gasteiger partial charge in [-0.15, -0.1) is 0 Å². The van der Waals surface area contributed by atoms with Crippen molar-refractivity contribution < 1.29 is 9.63 Å². The third kappa shape index (κ3) is 3.76. The Morgan fingerprint density at radius 2 is 1.96 bits per heavy atom. The minimum absolute atomic E-state index is 0.209. The van der Waals surface area contributed by atoms with Crippen molar-refractivity contribution in [2.75, 3.05) is 11.9 Å². The molecule has 1 heterocycles. The van der Waals surface area contributed by atoms with Crippen molar-refractivity contribution in [3.05, 3.63) is 59.9 Å². The Balaban J connectivity index is 1.31. The molecule has 5 heteroatoms. The number of amides is 1. The number of pyridine rings is 1. The molecular formula is C23H29N3O2. The third-order valence-electron chi connectivity index (χ3n) is 6.87. The van der Waals surface area contributed by atoms with Crippen molar-refractivity contribution in [1.29, 1.82) is 0 Å². The summed E-state index contributed by atoms with van der Waals surface area (Å²) in [6, 6.07) is 11.4. The second-order valence-corrected chi connectivity index (χ2v) is 8.69. The zero-order chi connectivity index (χ0) is 19.6. The molecule has 3 aliphatic carbocycles. The van der Waals surface area contributed by atoms with Crippen LogP contribution < -0.4 is 10.8 Å². The molecule has 5 nitrogen and oxygen atoms in total. The number of nitrogens with one attached hydrogen (secondary N) is 2. The zero-order valence-electron chi connectivity index (χ0n) is 16.7. The molecule has 2 aromatic rings. The maximum Gasteiger partial charge on any atom is 0.276 e. The van der Waals surface area contributed by atoms with Crippen molar-refractivity contribution in [3.8, 4) is 0 Å². The summed E-state index contributed by atoms with van der Waals surface area (Å²) in [6.07, 6.45) is 7.34. The lowest BCUT2D eigenvalue weighted by atomic mass is 9.46. The standard InChI is InChI=1S/C23H29N3O2/c1-23(2)18-8-7-17(20(23)13-18)15-28-26-22(27)19-5-3-4-6-21(19)25-14-16-9-11-24-12-10-16/h3-6,9-12,17-18,20,25H,7-8,13-15H2,1-2H3,(H,26,27)/t17-,18?,20?/m0/s1. The highest BCUT2D eigenvalue weighted by Crippen LogP contribution is 2.61. The Kier molecular flexibility index (Phi) is 5.36. The van der Waals surface area contributed by atoms with Crippen molar-refractivity contribution in [1.82, 2.24) is 10.5 Å². The number of benzene rings is 1. The second-order valence-electron chi connectivity index (χ2n) is 8.69. The van der Waals surface area contributed by atoms with Crippen LogP contribution in [0.4, 0.5) is 5.69 Å². The Bertz CT molecular complexity index is 820. The van der Waals surface area contributed by atoms with Crippen molar-refractivity contribution >= 4 is 11.6 Å². The molecule has 3 saturated carbocycles. The molecular weight excluding hydrogens is 350 g/mol. The van der Waals surface area contributed by atoms with Gasteiger partial charge in [0, 0.05) is 24.6 Å². The predicted molar refractivity (Wildman–Crippen MR) is 110 cm³/mol. The van der Waals surface area contributed by atoms with Crippen LogP contribution in [0.15, 0.2) is 48.8 Å². The van der Waals surface area contributed by atoms with Gasteiger partial charge in [-0.3, -0.25) is 14.6 Å². The van der Waals surface area contributed by atoms with Crippen LogP contribution in [0, 0.1) is 23.2 Å². The number of fused-ring (bicyclic) bond motifs is 2. The number of hydrogen-bond acceptors (Lipinski definition) is 4. The third-order valence-corrected chi connectivity index (χ3v) is 6.87. The van der Waals surface area contributed by atoms with Gasteiger partial charge in [-0.25, -0.2) is 5.48 Å². The molecule has 1 amide bonds. The van der Waals surface area contributed by atoms with E-state index in [1.54, 1.807) is 12.4 Å². The number of aromatic nitrogens is 1. The quantitative estimate of drug-likeness (QED) is 0.699. The largest absolute Gasteiger partial charge is 0.380 e. The van der Waals surface area contributed by atoms with Gasteiger partial charge >= 0.3 is 0 Å². The van der Waals surface area contributed by atoms with Crippen molar-refractivity contribution in [2.24, 2.45) is 23.2 Å². The Labute approximate surface area is 166 Å². The summed E-state index contributed by atoms with van der Waals surface area (Å²) in [5.41, 5.74) is 5.58. The number of hydroxylamine groups is 1. The van der Waals surface area contributed by atoms with Crippen molar-refractivity contribution in [2.45, 2.75) is 39.7 Å². The first-order chi connectivity index (χ1) is 13.6. The summed E-state index contributed by atoms with van der Waals surface area (Å²) in [6.45, 7) is 5.98. The number of para-hydroxylation sites is 1. The molecule has 0 spiro atoms. The van der Waals surface area contributed by atoms with Gasteiger partial charge in [0.25, 0.3) is 5.91 Å². The first-order valence-corrected chi connectivity index (χ1v) is 10.2. The van der Waals surface area contributed by atoms with Crippen LogP contribution in [0.3, 0.4) is 0 Å². The molecule has 0 aliphatic heterocycles. The van der Waals surface area contributed by atoms with E-state index in [1.165, 1.54) is 19.3 Å². The number of nitrogens with zero attached hydrogens (tertiary/aromatic N) is 1. The molecule has 28 heavy (non-hydrogen) atoms. The van der Waals surface area contributed by atoms with Crippen molar-refractivity contribution in [3.63, 3.8) is 0 Å². The Morgan fingerprint density at radius 1 is 1.18 bits per heavy atom. The highest BCUT2D eigenvalue weighted by atomic mass is 16.7. The first-order valence-electron chi connectivity index (χ1n) is 10.2.